The average molecular weight is 475 g/mol. The molecule has 0 spiro atoms. The van der Waals surface area contributed by atoms with Crippen LogP contribution < -0.4 is 10.1 Å². The van der Waals surface area contributed by atoms with Gasteiger partial charge in [-0.25, -0.2) is 4.98 Å². The number of rotatable bonds is 7. The number of hydrogen-bond donors (Lipinski definition) is 1. The van der Waals surface area contributed by atoms with Crippen molar-refractivity contribution in [3.8, 4) is 23.8 Å². The van der Waals surface area contributed by atoms with Gasteiger partial charge in [0.25, 0.3) is 5.88 Å². The van der Waals surface area contributed by atoms with E-state index in [-0.39, 0.29) is 40.2 Å². The Morgan fingerprint density at radius 3 is 2.43 bits per heavy atom. The molecule has 0 saturated heterocycles. The van der Waals surface area contributed by atoms with Crippen LogP contribution in [0.25, 0.3) is 17.2 Å². The highest BCUT2D eigenvalue weighted by Crippen LogP contribution is 2.67. The van der Waals surface area contributed by atoms with Gasteiger partial charge in [-0.1, -0.05) is 0 Å². The van der Waals surface area contributed by atoms with Crippen molar-refractivity contribution >= 4 is 29.5 Å². The lowest BCUT2D eigenvalue weighted by atomic mass is 9.40. The fraction of sp³-hybridized carbons (Fsp3) is 0.333. The summed E-state index contributed by atoms with van der Waals surface area (Å²) < 4.78 is 34.4. The molecule has 3 fully saturated rings. The molecule has 0 aliphatic heterocycles. The van der Waals surface area contributed by atoms with Crippen molar-refractivity contribution < 1.29 is 18.3 Å². The van der Waals surface area contributed by atoms with Crippen LogP contribution in [0.3, 0.4) is 0 Å². The Morgan fingerprint density at radius 2 is 1.86 bits per heavy atom. The molecule has 2 bridgehead atoms. The second-order valence-corrected chi connectivity index (χ2v) is 9.14. The third-order valence-corrected chi connectivity index (χ3v) is 6.52. The molecule has 176 valence electrons. The van der Waals surface area contributed by atoms with Gasteiger partial charge in [0.05, 0.1) is 17.6 Å². The van der Waals surface area contributed by atoms with Gasteiger partial charge >= 0.3 is 6.55 Å². The summed E-state index contributed by atoms with van der Waals surface area (Å²) in [6.07, 6.45) is 5.17. The summed E-state index contributed by atoms with van der Waals surface area (Å²) in [6.45, 7) is 0.501. The normalized spacial score (nSPS) is 22.4. The number of carbonyl (C=O) groups excluding carboxylic acids is 1. The van der Waals surface area contributed by atoms with Crippen LogP contribution in [-0.2, 0) is 0 Å². The topological polar surface area (TPSA) is 130 Å². The van der Waals surface area contributed by atoms with Gasteiger partial charge in [0, 0.05) is 11.6 Å². The van der Waals surface area contributed by atoms with Gasteiger partial charge in [0.15, 0.2) is 23.3 Å². The van der Waals surface area contributed by atoms with E-state index < -0.39 is 12.4 Å². The van der Waals surface area contributed by atoms with Crippen molar-refractivity contribution in [1.29, 1.82) is 10.5 Å². The summed E-state index contributed by atoms with van der Waals surface area (Å²) in [6, 6.07) is 7.84. The molecular weight excluding hydrogens is 456 g/mol. The summed E-state index contributed by atoms with van der Waals surface area (Å²) in [4.78, 5) is 24.1. The Bertz CT molecular complexity index is 1450. The second kappa shape index (κ2) is 7.84. The van der Waals surface area contributed by atoms with Crippen LogP contribution in [0.5, 0.6) is 11.6 Å². The van der Waals surface area contributed by atoms with Gasteiger partial charge in [-0.15, -0.1) is 0 Å². The third kappa shape index (κ3) is 3.56. The van der Waals surface area contributed by atoms with Crippen molar-refractivity contribution in [3.63, 3.8) is 0 Å². The zero-order chi connectivity index (χ0) is 25.0. The molecule has 2 heterocycles. The summed E-state index contributed by atoms with van der Waals surface area (Å²) in [7, 11) is 0. The number of imidazole rings is 1. The first-order chi connectivity index (χ1) is 16.7. The van der Waals surface area contributed by atoms with Crippen molar-refractivity contribution in [2.24, 2.45) is 5.41 Å². The van der Waals surface area contributed by atoms with Gasteiger partial charge in [-0.05, 0) is 68.0 Å². The summed E-state index contributed by atoms with van der Waals surface area (Å²) in [5.41, 5.74) is 1.22. The lowest BCUT2D eigenvalue weighted by Gasteiger charge is -2.66. The SMILES string of the molecule is Cc1cc(/C=C/C#N)cc(C)c1Oc1nc(NC23CC(C#N)(C2)C3)nc2nc(C=O)n(C(F)F)c12. The summed E-state index contributed by atoms with van der Waals surface area (Å²) >= 11 is 0. The molecule has 3 aliphatic carbocycles. The number of fused-ring (bicyclic) bond motifs is 1. The molecular formula is C24H19F2N7O2. The van der Waals surface area contributed by atoms with Crippen molar-refractivity contribution in [3.05, 3.63) is 40.7 Å². The smallest absolute Gasteiger partial charge is 0.320 e. The molecule has 2 aromatic heterocycles. The van der Waals surface area contributed by atoms with Crippen LogP contribution in [0.4, 0.5) is 14.7 Å². The van der Waals surface area contributed by atoms with Crippen LogP contribution in [0.15, 0.2) is 18.2 Å². The standard InChI is InChI=1S/C24H19F2N7O2/c1-13-6-15(4-3-5-27)7-14(2)18(13)35-20-17-19(29-16(8-34)33(17)21(25)26)30-22(31-20)32-24-9-23(10-24,11-24)12-28/h3-4,6-8,21H,9-11H2,1-2H3,(H,30,31,32)/b4-3+. The Labute approximate surface area is 198 Å². The second-order valence-electron chi connectivity index (χ2n) is 9.14. The number of anilines is 1. The van der Waals surface area contributed by atoms with Crippen LogP contribution in [0.2, 0.25) is 0 Å². The molecule has 1 aromatic carbocycles. The molecule has 0 amide bonds. The number of alkyl halides is 2. The number of nitrogens with one attached hydrogen (secondary N) is 1. The van der Waals surface area contributed by atoms with E-state index in [0.29, 0.717) is 40.7 Å². The van der Waals surface area contributed by atoms with Gasteiger partial charge in [-0.3, -0.25) is 9.36 Å². The predicted molar refractivity (Wildman–Crippen MR) is 121 cm³/mol. The van der Waals surface area contributed by atoms with E-state index in [1.807, 2.05) is 6.07 Å². The lowest BCUT2D eigenvalue weighted by molar-refractivity contribution is -0.0665. The molecule has 0 radical (unpaired) electrons. The van der Waals surface area contributed by atoms with Crippen LogP contribution >= 0.6 is 0 Å². The predicted octanol–water partition coefficient (Wildman–Crippen LogP) is 4.84. The van der Waals surface area contributed by atoms with E-state index in [1.54, 1.807) is 32.1 Å². The minimum Gasteiger partial charge on any atom is -0.436 e. The minimum atomic E-state index is -3.07. The molecule has 3 saturated carbocycles. The molecule has 11 heteroatoms. The zero-order valence-corrected chi connectivity index (χ0v) is 18.8. The minimum absolute atomic E-state index is 0.106. The third-order valence-electron chi connectivity index (χ3n) is 6.52. The number of aromatic nitrogens is 4. The number of benzene rings is 1. The first-order valence-corrected chi connectivity index (χ1v) is 10.8. The molecule has 35 heavy (non-hydrogen) atoms. The highest BCUT2D eigenvalue weighted by atomic mass is 19.3. The molecule has 3 aromatic rings. The first-order valence-electron chi connectivity index (χ1n) is 10.8. The van der Waals surface area contributed by atoms with Gasteiger partial charge in [0.2, 0.25) is 5.95 Å². The Balaban J connectivity index is 1.60. The van der Waals surface area contributed by atoms with E-state index >= 15 is 0 Å². The number of allylic oxidation sites excluding steroid dienone is 1. The number of aldehydes is 1. The highest BCUT2D eigenvalue weighted by molar-refractivity contribution is 5.85. The van der Waals surface area contributed by atoms with Gasteiger partial charge < -0.3 is 10.1 Å². The van der Waals surface area contributed by atoms with Crippen LogP contribution in [-0.4, -0.2) is 31.3 Å². The molecule has 6 rings (SSSR count). The fourth-order valence-corrected chi connectivity index (χ4v) is 5.14. The molecule has 3 aliphatic rings. The van der Waals surface area contributed by atoms with E-state index in [9.17, 15) is 18.8 Å². The number of aryl methyl sites for hydroxylation is 2. The molecule has 0 unspecified atom stereocenters. The highest BCUT2D eigenvalue weighted by Gasteiger charge is 2.69. The van der Waals surface area contributed by atoms with E-state index in [1.165, 1.54) is 6.08 Å². The summed E-state index contributed by atoms with van der Waals surface area (Å²) in [5.74, 6) is -0.148. The van der Waals surface area contributed by atoms with E-state index in [0.717, 1.165) is 5.56 Å². The number of halogens is 2. The summed E-state index contributed by atoms with van der Waals surface area (Å²) in [5, 5.41) is 21.3. The quantitative estimate of drug-likeness (QED) is 0.380. The maximum Gasteiger partial charge on any atom is 0.320 e. The maximum atomic E-state index is 13.9. The van der Waals surface area contributed by atoms with Crippen molar-refractivity contribution in [2.45, 2.75) is 45.2 Å². The van der Waals surface area contributed by atoms with Gasteiger partial charge in [-0.2, -0.15) is 29.3 Å². The largest absolute Gasteiger partial charge is 0.436 e. The number of ether oxygens (including phenoxy) is 1. The zero-order valence-electron chi connectivity index (χ0n) is 18.8. The number of carbonyl (C=O) groups is 1. The first kappa shape index (κ1) is 22.4. The molecule has 9 nitrogen and oxygen atoms in total. The van der Waals surface area contributed by atoms with Crippen LogP contribution in [0.1, 0.15) is 53.1 Å². The van der Waals surface area contributed by atoms with Crippen molar-refractivity contribution in [2.75, 3.05) is 5.32 Å². The van der Waals surface area contributed by atoms with Gasteiger partial charge in [0.1, 0.15) is 5.75 Å². The number of nitriles is 2. The number of hydrogen-bond acceptors (Lipinski definition) is 8. The monoisotopic (exact) mass is 475 g/mol. The Hall–Kier alpha value is -4.38. The average Bonchev–Trinajstić information content (AvgIpc) is 3.15. The Kier molecular flexibility index (Phi) is 5.02. The van der Waals surface area contributed by atoms with Crippen LogP contribution in [0, 0.1) is 41.9 Å². The van der Waals surface area contributed by atoms with E-state index in [4.69, 9.17) is 10.00 Å². The fourth-order valence-electron chi connectivity index (χ4n) is 5.14. The molecule has 1 N–H and O–H groups in total. The molecule has 0 atom stereocenters. The van der Waals surface area contributed by atoms with E-state index in [2.05, 4.69) is 26.3 Å². The Morgan fingerprint density at radius 1 is 1.17 bits per heavy atom. The van der Waals surface area contributed by atoms with Crippen molar-refractivity contribution in [1.82, 2.24) is 19.5 Å². The number of nitrogens with zero attached hydrogens (tertiary/aromatic N) is 6. The maximum absolute atomic E-state index is 13.9. The lowest BCUT2D eigenvalue weighted by Crippen LogP contribution is -2.70.